The Hall–Kier alpha value is -1.08. The molecule has 0 saturated heterocycles. The monoisotopic (exact) mass is 418 g/mol. The van der Waals surface area contributed by atoms with Crippen LogP contribution in [0.2, 0.25) is 0 Å². The van der Waals surface area contributed by atoms with Crippen LogP contribution in [-0.4, -0.2) is 32.7 Å². The van der Waals surface area contributed by atoms with E-state index in [-0.39, 0.29) is 17.9 Å². The molecule has 1 amide bonds. The van der Waals surface area contributed by atoms with E-state index in [0.29, 0.717) is 5.69 Å². The van der Waals surface area contributed by atoms with Crippen LogP contribution in [0.3, 0.4) is 0 Å². The van der Waals surface area contributed by atoms with Crippen molar-refractivity contribution in [2.24, 2.45) is 5.41 Å². The molecule has 0 atom stereocenters. The van der Waals surface area contributed by atoms with Crippen LogP contribution in [0, 0.1) is 5.41 Å². The second-order valence-corrected chi connectivity index (χ2v) is 10.7. The average molecular weight is 419 g/mol. The van der Waals surface area contributed by atoms with E-state index in [0.717, 1.165) is 21.5 Å². The number of sulfonamides is 1. The molecule has 0 aliphatic carbocycles. The zero-order valence-corrected chi connectivity index (χ0v) is 17.6. The van der Waals surface area contributed by atoms with Gasteiger partial charge >= 0.3 is 0 Å². The number of halogens is 1. The van der Waals surface area contributed by atoms with Crippen LogP contribution in [0.25, 0.3) is 0 Å². The number of anilines is 1. The lowest BCUT2D eigenvalue weighted by molar-refractivity contribution is -0.121. The minimum atomic E-state index is -3.57. The normalized spacial score (nSPS) is 12.8. The fraction of sp³-hybridized carbons (Fsp3) is 0.588. The standard InChI is InChI=1S/C17H27BrN2O3S/c1-16(2,3)12-17(4,5)19-15(21)11-20(24(6,22)23)14-9-7-8-13(18)10-14/h7-10H,11-12H2,1-6H3,(H,19,21). The molecular weight excluding hydrogens is 392 g/mol. The molecule has 1 aromatic carbocycles. The molecule has 0 saturated carbocycles. The molecule has 0 aliphatic rings. The number of benzene rings is 1. The summed E-state index contributed by atoms with van der Waals surface area (Å²) in [5, 5.41) is 2.94. The van der Waals surface area contributed by atoms with E-state index >= 15 is 0 Å². The van der Waals surface area contributed by atoms with Gasteiger partial charge in [-0.3, -0.25) is 9.10 Å². The van der Waals surface area contributed by atoms with E-state index in [2.05, 4.69) is 42.0 Å². The summed E-state index contributed by atoms with van der Waals surface area (Å²) in [5.41, 5.74) is 0.0866. The fourth-order valence-electron chi connectivity index (χ4n) is 2.95. The van der Waals surface area contributed by atoms with Gasteiger partial charge in [0.25, 0.3) is 0 Å². The molecule has 24 heavy (non-hydrogen) atoms. The van der Waals surface area contributed by atoms with Crippen LogP contribution in [-0.2, 0) is 14.8 Å². The fourth-order valence-corrected chi connectivity index (χ4v) is 4.18. The zero-order valence-electron chi connectivity index (χ0n) is 15.2. The molecule has 136 valence electrons. The van der Waals surface area contributed by atoms with Crippen molar-refractivity contribution in [1.29, 1.82) is 0 Å². The summed E-state index contributed by atoms with van der Waals surface area (Å²) in [5.74, 6) is -0.324. The predicted octanol–water partition coefficient (Wildman–Crippen LogP) is 3.55. The van der Waals surface area contributed by atoms with Gasteiger partial charge in [-0.25, -0.2) is 8.42 Å². The summed E-state index contributed by atoms with van der Waals surface area (Å²) < 4.78 is 26.1. The van der Waals surface area contributed by atoms with Crippen LogP contribution < -0.4 is 9.62 Å². The molecule has 0 aliphatic heterocycles. The third kappa shape index (κ3) is 7.21. The maximum atomic E-state index is 12.4. The first-order chi connectivity index (χ1) is 10.7. The molecule has 1 N–H and O–H groups in total. The van der Waals surface area contributed by atoms with Crippen LogP contribution in [0.15, 0.2) is 28.7 Å². The molecule has 0 bridgehead atoms. The van der Waals surface area contributed by atoms with E-state index in [1.165, 1.54) is 0 Å². The number of hydrogen-bond acceptors (Lipinski definition) is 3. The number of nitrogens with one attached hydrogen (secondary N) is 1. The summed E-state index contributed by atoms with van der Waals surface area (Å²) in [7, 11) is -3.57. The van der Waals surface area contributed by atoms with Gasteiger partial charge in [-0.2, -0.15) is 0 Å². The van der Waals surface area contributed by atoms with Crippen molar-refractivity contribution < 1.29 is 13.2 Å². The quantitative estimate of drug-likeness (QED) is 0.767. The number of hydrogen-bond donors (Lipinski definition) is 1. The predicted molar refractivity (Wildman–Crippen MR) is 103 cm³/mol. The van der Waals surface area contributed by atoms with Gasteiger partial charge in [0.2, 0.25) is 15.9 Å². The van der Waals surface area contributed by atoms with Gasteiger partial charge in [-0.15, -0.1) is 0 Å². The van der Waals surface area contributed by atoms with E-state index in [4.69, 9.17) is 0 Å². The van der Waals surface area contributed by atoms with Gasteiger partial charge in [-0.05, 0) is 43.9 Å². The summed E-state index contributed by atoms with van der Waals surface area (Å²) in [4.78, 5) is 12.4. The van der Waals surface area contributed by atoms with Crippen LogP contribution in [0.4, 0.5) is 5.69 Å². The Balaban J connectivity index is 2.95. The highest BCUT2D eigenvalue weighted by molar-refractivity contribution is 9.10. The van der Waals surface area contributed by atoms with Crippen molar-refractivity contribution in [3.05, 3.63) is 28.7 Å². The Morgan fingerprint density at radius 3 is 2.25 bits per heavy atom. The van der Waals surface area contributed by atoms with E-state index in [9.17, 15) is 13.2 Å². The summed E-state index contributed by atoms with van der Waals surface area (Å²) >= 11 is 3.32. The van der Waals surface area contributed by atoms with Crippen molar-refractivity contribution in [3.63, 3.8) is 0 Å². The lowest BCUT2D eigenvalue weighted by atomic mass is 9.82. The minimum absolute atomic E-state index is 0.0532. The molecule has 1 rings (SSSR count). The number of carbonyl (C=O) groups excluding carboxylic acids is 1. The van der Waals surface area contributed by atoms with Crippen molar-refractivity contribution in [1.82, 2.24) is 5.32 Å². The Bertz CT molecular complexity index is 694. The van der Waals surface area contributed by atoms with E-state index in [1.54, 1.807) is 24.3 Å². The van der Waals surface area contributed by atoms with Crippen molar-refractivity contribution in [2.45, 2.75) is 46.6 Å². The van der Waals surface area contributed by atoms with Gasteiger partial charge in [0, 0.05) is 10.0 Å². The topological polar surface area (TPSA) is 66.5 Å². The molecule has 0 spiro atoms. The summed E-state index contributed by atoms with van der Waals surface area (Å²) in [6.07, 6.45) is 1.88. The third-order valence-electron chi connectivity index (χ3n) is 3.23. The molecule has 0 heterocycles. The summed E-state index contributed by atoms with van der Waals surface area (Å²) in [6.45, 7) is 9.95. The van der Waals surface area contributed by atoms with Crippen LogP contribution in [0.5, 0.6) is 0 Å². The lowest BCUT2D eigenvalue weighted by Gasteiger charge is -2.34. The highest BCUT2D eigenvalue weighted by Gasteiger charge is 2.29. The molecule has 0 radical (unpaired) electrons. The smallest absolute Gasteiger partial charge is 0.241 e. The largest absolute Gasteiger partial charge is 0.350 e. The molecule has 0 aromatic heterocycles. The van der Waals surface area contributed by atoms with Gasteiger partial charge in [0.1, 0.15) is 6.54 Å². The number of nitrogens with zero attached hydrogens (tertiary/aromatic N) is 1. The number of rotatable bonds is 6. The molecule has 5 nitrogen and oxygen atoms in total. The number of amides is 1. The highest BCUT2D eigenvalue weighted by Crippen LogP contribution is 2.27. The molecule has 1 aromatic rings. The minimum Gasteiger partial charge on any atom is -0.350 e. The van der Waals surface area contributed by atoms with Crippen molar-refractivity contribution >= 4 is 37.5 Å². The first kappa shape index (κ1) is 21.0. The van der Waals surface area contributed by atoms with Crippen LogP contribution >= 0.6 is 15.9 Å². The lowest BCUT2D eigenvalue weighted by Crippen LogP contribution is -2.50. The van der Waals surface area contributed by atoms with E-state index in [1.807, 2.05) is 13.8 Å². The second kappa shape index (κ2) is 7.44. The van der Waals surface area contributed by atoms with Gasteiger partial charge in [0.05, 0.1) is 11.9 Å². The SMILES string of the molecule is CC(C)(C)CC(C)(C)NC(=O)CN(c1cccc(Br)c1)S(C)(=O)=O. The maximum absolute atomic E-state index is 12.4. The van der Waals surface area contributed by atoms with E-state index < -0.39 is 15.6 Å². The van der Waals surface area contributed by atoms with Gasteiger partial charge in [0.15, 0.2) is 0 Å². The Morgan fingerprint density at radius 1 is 1.21 bits per heavy atom. The first-order valence-electron chi connectivity index (χ1n) is 7.74. The zero-order chi connectivity index (χ0) is 18.8. The average Bonchev–Trinajstić information content (AvgIpc) is 2.30. The number of carbonyl (C=O) groups is 1. The first-order valence-corrected chi connectivity index (χ1v) is 10.4. The molecular formula is C17H27BrN2O3S. The van der Waals surface area contributed by atoms with Crippen molar-refractivity contribution in [2.75, 3.05) is 17.1 Å². The van der Waals surface area contributed by atoms with Gasteiger partial charge in [-0.1, -0.05) is 42.8 Å². The van der Waals surface area contributed by atoms with Crippen molar-refractivity contribution in [3.8, 4) is 0 Å². The second-order valence-electron chi connectivity index (χ2n) is 7.92. The van der Waals surface area contributed by atoms with Crippen LogP contribution in [0.1, 0.15) is 41.0 Å². The third-order valence-corrected chi connectivity index (χ3v) is 4.87. The van der Waals surface area contributed by atoms with Gasteiger partial charge < -0.3 is 5.32 Å². The Morgan fingerprint density at radius 2 is 1.79 bits per heavy atom. The maximum Gasteiger partial charge on any atom is 0.241 e. The Kier molecular flexibility index (Phi) is 6.49. The highest BCUT2D eigenvalue weighted by atomic mass is 79.9. The molecule has 7 heteroatoms. The summed E-state index contributed by atoms with van der Waals surface area (Å²) in [6, 6.07) is 6.88. The molecule has 0 fully saturated rings. The Labute approximate surface area is 154 Å². The molecule has 0 unspecified atom stereocenters.